The van der Waals surface area contributed by atoms with Crippen molar-refractivity contribution < 1.29 is 22.8 Å². The number of benzene rings is 2. The van der Waals surface area contributed by atoms with Crippen LogP contribution in [0.3, 0.4) is 0 Å². The normalized spacial score (nSPS) is 19.8. The summed E-state index contributed by atoms with van der Waals surface area (Å²) >= 11 is 1.53. The number of nitrogens with one attached hydrogen (secondary N) is 1. The Bertz CT molecular complexity index is 1020. The summed E-state index contributed by atoms with van der Waals surface area (Å²) in [7, 11) is 0. The maximum Gasteiger partial charge on any atom is 0.416 e. The minimum absolute atomic E-state index is 0.0657. The molecule has 2 aromatic carbocycles. The van der Waals surface area contributed by atoms with E-state index in [1.54, 1.807) is 17.0 Å². The minimum Gasteiger partial charge on any atom is -0.360 e. The quantitative estimate of drug-likeness (QED) is 0.634. The van der Waals surface area contributed by atoms with Crippen molar-refractivity contribution >= 4 is 35.0 Å². The fraction of sp³-hybridized carbons (Fsp3) is 0.417. The van der Waals surface area contributed by atoms with Crippen molar-refractivity contribution in [2.24, 2.45) is 0 Å². The average Bonchev–Trinajstić information content (AvgIpc) is 3.31. The number of hydrogen-bond acceptors (Lipinski definition) is 4. The zero-order chi connectivity index (χ0) is 23.6. The number of nitrogens with zero attached hydrogens (tertiary/aromatic N) is 2. The smallest absolute Gasteiger partial charge is 0.360 e. The van der Waals surface area contributed by atoms with Gasteiger partial charge >= 0.3 is 6.18 Å². The Hall–Kier alpha value is -2.68. The molecule has 0 aromatic heterocycles. The first-order valence-electron chi connectivity index (χ1n) is 10.9. The number of amides is 2. The highest BCUT2D eigenvalue weighted by Gasteiger charge is 2.39. The van der Waals surface area contributed by atoms with E-state index in [1.165, 1.54) is 22.7 Å². The first kappa shape index (κ1) is 23.5. The van der Waals surface area contributed by atoms with Crippen molar-refractivity contribution in [1.82, 2.24) is 5.32 Å². The van der Waals surface area contributed by atoms with E-state index in [4.69, 9.17) is 0 Å². The molecule has 2 fully saturated rings. The molecule has 176 valence electrons. The highest BCUT2D eigenvalue weighted by molar-refractivity contribution is 7.98. The van der Waals surface area contributed by atoms with Crippen LogP contribution >= 0.6 is 11.8 Å². The van der Waals surface area contributed by atoms with E-state index in [2.05, 4.69) is 5.32 Å². The van der Waals surface area contributed by atoms with Crippen LogP contribution in [-0.2, 0) is 15.8 Å². The molecule has 1 unspecified atom stereocenters. The van der Waals surface area contributed by atoms with Crippen molar-refractivity contribution in [2.45, 2.75) is 48.8 Å². The van der Waals surface area contributed by atoms with Gasteiger partial charge in [0.1, 0.15) is 6.04 Å². The lowest BCUT2D eigenvalue weighted by Crippen LogP contribution is -2.62. The predicted molar refractivity (Wildman–Crippen MR) is 124 cm³/mol. The van der Waals surface area contributed by atoms with Crippen LogP contribution in [0.1, 0.15) is 31.2 Å². The van der Waals surface area contributed by atoms with Crippen LogP contribution in [0.15, 0.2) is 53.4 Å². The standard InChI is InChI=1S/C24H26F3N3O2S/c1-33-20-11-5-10-19(13-20)30-21(23(32)28-17-7-2-3-8-17)14-29(15-22(30)31)18-9-4-6-16(12-18)24(25,26)27/h4-6,9-13,17,21H,2-3,7-8,14-15H2,1H3,(H,28,32). The lowest BCUT2D eigenvalue weighted by Gasteiger charge is -2.41. The summed E-state index contributed by atoms with van der Waals surface area (Å²) in [6.07, 6.45) is 1.32. The number of thioether (sulfide) groups is 1. The number of carbonyl (C=O) groups excluding carboxylic acids is 2. The lowest BCUT2D eigenvalue weighted by atomic mass is 10.1. The molecular weight excluding hydrogens is 451 g/mol. The molecule has 1 saturated heterocycles. The molecule has 1 aliphatic heterocycles. The van der Waals surface area contributed by atoms with Gasteiger partial charge in [0.15, 0.2) is 0 Å². The van der Waals surface area contributed by atoms with Crippen molar-refractivity contribution in [3.63, 3.8) is 0 Å². The molecule has 9 heteroatoms. The van der Waals surface area contributed by atoms with E-state index in [1.807, 2.05) is 24.5 Å². The summed E-state index contributed by atoms with van der Waals surface area (Å²) in [5.41, 5.74) is 0.103. The molecule has 1 heterocycles. The second-order valence-electron chi connectivity index (χ2n) is 8.40. The van der Waals surface area contributed by atoms with Crippen LogP contribution < -0.4 is 15.1 Å². The number of anilines is 2. The minimum atomic E-state index is -4.49. The first-order chi connectivity index (χ1) is 15.8. The molecular formula is C24H26F3N3O2S. The highest BCUT2D eigenvalue weighted by atomic mass is 32.2. The van der Waals surface area contributed by atoms with Gasteiger partial charge in [0, 0.05) is 28.9 Å². The number of alkyl halides is 3. The van der Waals surface area contributed by atoms with Crippen molar-refractivity contribution in [3.05, 3.63) is 54.1 Å². The second kappa shape index (κ2) is 9.67. The second-order valence-corrected chi connectivity index (χ2v) is 9.28. The largest absolute Gasteiger partial charge is 0.416 e. The molecule has 2 aliphatic rings. The monoisotopic (exact) mass is 477 g/mol. The molecule has 0 spiro atoms. The summed E-state index contributed by atoms with van der Waals surface area (Å²) < 4.78 is 39.7. The lowest BCUT2D eigenvalue weighted by molar-refractivity contribution is -0.137. The molecule has 1 atom stereocenters. The van der Waals surface area contributed by atoms with Gasteiger partial charge in [-0.25, -0.2) is 0 Å². The maximum absolute atomic E-state index is 13.3. The van der Waals surface area contributed by atoms with Crippen LogP contribution in [-0.4, -0.2) is 43.2 Å². The van der Waals surface area contributed by atoms with Gasteiger partial charge in [0.25, 0.3) is 0 Å². The average molecular weight is 478 g/mol. The van der Waals surface area contributed by atoms with E-state index in [0.717, 1.165) is 42.7 Å². The fourth-order valence-corrected chi connectivity index (χ4v) is 4.95. The van der Waals surface area contributed by atoms with Gasteiger partial charge in [-0.05, 0) is 55.5 Å². The van der Waals surface area contributed by atoms with Crippen LogP contribution in [0, 0.1) is 0 Å². The Morgan fingerprint density at radius 3 is 2.45 bits per heavy atom. The van der Waals surface area contributed by atoms with E-state index in [9.17, 15) is 22.8 Å². The molecule has 33 heavy (non-hydrogen) atoms. The Kier molecular flexibility index (Phi) is 6.88. The third-order valence-electron chi connectivity index (χ3n) is 6.17. The molecule has 1 aliphatic carbocycles. The molecule has 1 N–H and O–H groups in total. The Morgan fingerprint density at radius 1 is 1.06 bits per heavy atom. The summed E-state index contributed by atoms with van der Waals surface area (Å²) in [4.78, 5) is 30.6. The van der Waals surface area contributed by atoms with Crippen LogP contribution in [0.4, 0.5) is 24.5 Å². The van der Waals surface area contributed by atoms with E-state index in [-0.39, 0.29) is 36.6 Å². The Balaban J connectivity index is 1.66. The van der Waals surface area contributed by atoms with Gasteiger partial charge in [-0.2, -0.15) is 13.2 Å². The predicted octanol–water partition coefficient (Wildman–Crippen LogP) is 4.71. The molecule has 1 saturated carbocycles. The number of piperazine rings is 1. The Morgan fingerprint density at radius 2 is 1.76 bits per heavy atom. The Labute approximate surface area is 195 Å². The summed E-state index contributed by atoms with van der Waals surface area (Å²) in [6, 6.07) is 11.5. The van der Waals surface area contributed by atoms with Crippen molar-refractivity contribution in [2.75, 3.05) is 29.1 Å². The summed E-state index contributed by atoms with van der Waals surface area (Å²) in [5.74, 6) is -0.607. The number of halogens is 3. The molecule has 2 aromatic rings. The van der Waals surface area contributed by atoms with Gasteiger partial charge < -0.3 is 10.2 Å². The number of carbonyl (C=O) groups is 2. The van der Waals surface area contributed by atoms with Gasteiger partial charge in [0.05, 0.1) is 12.1 Å². The van der Waals surface area contributed by atoms with Crippen molar-refractivity contribution in [3.8, 4) is 0 Å². The van der Waals surface area contributed by atoms with Crippen molar-refractivity contribution in [1.29, 1.82) is 0 Å². The fourth-order valence-electron chi connectivity index (χ4n) is 4.50. The number of rotatable bonds is 5. The SMILES string of the molecule is CSc1cccc(N2C(=O)CN(c3cccc(C(F)(F)F)c3)CC2C(=O)NC2CCCC2)c1. The molecule has 0 bridgehead atoms. The summed E-state index contributed by atoms with van der Waals surface area (Å²) in [6.45, 7) is -0.00683. The summed E-state index contributed by atoms with van der Waals surface area (Å²) in [5, 5.41) is 3.06. The van der Waals surface area contributed by atoms with Gasteiger partial charge in [0.2, 0.25) is 11.8 Å². The zero-order valence-corrected chi connectivity index (χ0v) is 19.1. The van der Waals surface area contributed by atoms with Crippen LogP contribution in [0.2, 0.25) is 0 Å². The molecule has 4 rings (SSSR count). The first-order valence-corrected chi connectivity index (χ1v) is 12.2. The van der Waals surface area contributed by atoms with Gasteiger partial charge in [-0.15, -0.1) is 11.8 Å². The zero-order valence-electron chi connectivity index (χ0n) is 18.3. The molecule has 5 nitrogen and oxygen atoms in total. The van der Waals surface area contributed by atoms with E-state index < -0.39 is 17.8 Å². The third kappa shape index (κ3) is 5.29. The topological polar surface area (TPSA) is 52.7 Å². The van der Waals surface area contributed by atoms with E-state index >= 15 is 0 Å². The maximum atomic E-state index is 13.3. The van der Waals surface area contributed by atoms with Gasteiger partial charge in [-0.3, -0.25) is 14.5 Å². The molecule has 2 amide bonds. The number of hydrogen-bond donors (Lipinski definition) is 1. The van der Waals surface area contributed by atoms with Gasteiger partial charge in [-0.1, -0.05) is 25.0 Å². The highest BCUT2D eigenvalue weighted by Crippen LogP contribution is 2.33. The van der Waals surface area contributed by atoms with Crippen LogP contribution in [0.25, 0.3) is 0 Å². The third-order valence-corrected chi connectivity index (χ3v) is 6.90. The molecule has 0 radical (unpaired) electrons. The van der Waals surface area contributed by atoms with E-state index in [0.29, 0.717) is 5.69 Å². The van der Waals surface area contributed by atoms with Crippen LogP contribution in [0.5, 0.6) is 0 Å².